The number of amides is 2. The number of hydrogen-bond donors (Lipinski definition) is 2. The van der Waals surface area contributed by atoms with Crippen LogP contribution >= 0.6 is 0 Å². The van der Waals surface area contributed by atoms with Crippen LogP contribution in [0.5, 0.6) is 11.5 Å². The van der Waals surface area contributed by atoms with Crippen molar-refractivity contribution in [1.82, 2.24) is 10.2 Å². The molecule has 0 aromatic heterocycles. The number of rotatable bonds is 8. The molecule has 154 valence electrons. The van der Waals surface area contributed by atoms with Gasteiger partial charge in [0.25, 0.3) is 0 Å². The molecule has 0 spiro atoms. The zero-order valence-corrected chi connectivity index (χ0v) is 16.2. The lowest BCUT2D eigenvalue weighted by Gasteiger charge is -2.21. The monoisotopic (exact) mass is 401 g/mol. The molecule has 8 heteroatoms. The van der Waals surface area contributed by atoms with Crippen molar-refractivity contribution >= 4 is 17.5 Å². The van der Waals surface area contributed by atoms with Crippen molar-refractivity contribution < 1.29 is 23.5 Å². The molecule has 0 radical (unpaired) electrons. The molecule has 29 heavy (non-hydrogen) atoms. The van der Waals surface area contributed by atoms with Gasteiger partial charge in [-0.3, -0.25) is 14.5 Å². The van der Waals surface area contributed by atoms with E-state index < -0.39 is 0 Å². The SMILES string of the molecule is CCN(CC(=O)NCc1ccccc1F)CC(=O)Nc1ccc2c(c1)OCCO2. The Kier molecular flexibility index (Phi) is 7.02. The fraction of sp³-hybridized carbons (Fsp3) is 0.333. The van der Waals surface area contributed by atoms with E-state index in [0.717, 1.165) is 0 Å². The molecular formula is C21H24FN3O4. The summed E-state index contributed by atoms with van der Waals surface area (Å²) in [7, 11) is 0. The van der Waals surface area contributed by atoms with E-state index >= 15 is 0 Å². The van der Waals surface area contributed by atoms with Crippen molar-refractivity contribution in [2.24, 2.45) is 0 Å². The van der Waals surface area contributed by atoms with Crippen LogP contribution in [0.15, 0.2) is 42.5 Å². The second-order valence-corrected chi connectivity index (χ2v) is 6.58. The van der Waals surface area contributed by atoms with Crippen molar-refractivity contribution in [3.05, 3.63) is 53.8 Å². The molecule has 2 aromatic carbocycles. The van der Waals surface area contributed by atoms with Gasteiger partial charge in [-0.15, -0.1) is 0 Å². The number of anilines is 1. The number of carbonyl (C=O) groups is 2. The standard InChI is InChI=1S/C21H24FN3O4/c1-2-25(13-20(26)23-12-15-5-3-4-6-17(15)22)14-21(27)24-16-7-8-18-19(11-16)29-10-9-28-18/h3-8,11H,2,9-10,12-14H2,1H3,(H,23,26)(H,24,27). The van der Waals surface area contributed by atoms with E-state index in [-0.39, 0.29) is 37.3 Å². The van der Waals surface area contributed by atoms with Gasteiger partial charge in [-0.2, -0.15) is 0 Å². The first-order valence-electron chi connectivity index (χ1n) is 9.47. The Morgan fingerprint density at radius 1 is 1.03 bits per heavy atom. The molecule has 0 unspecified atom stereocenters. The van der Waals surface area contributed by atoms with Crippen molar-refractivity contribution in [2.45, 2.75) is 13.5 Å². The van der Waals surface area contributed by atoms with Gasteiger partial charge in [-0.05, 0) is 24.7 Å². The fourth-order valence-electron chi connectivity index (χ4n) is 2.90. The first-order chi connectivity index (χ1) is 14.0. The lowest BCUT2D eigenvalue weighted by atomic mass is 10.2. The van der Waals surface area contributed by atoms with Gasteiger partial charge < -0.3 is 20.1 Å². The number of hydrogen-bond acceptors (Lipinski definition) is 5. The third-order valence-corrected chi connectivity index (χ3v) is 4.44. The van der Waals surface area contributed by atoms with Crippen molar-refractivity contribution in [3.8, 4) is 11.5 Å². The highest BCUT2D eigenvalue weighted by Crippen LogP contribution is 2.32. The molecule has 0 fully saturated rings. The minimum absolute atomic E-state index is 0.0412. The molecule has 1 aliphatic rings. The second-order valence-electron chi connectivity index (χ2n) is 6.58. The summed E-state index contributed by atoms with van der Waals surface area (Å²) >= 11 is 0. The highest BCUT2D eigenvalue weighted by atomic mass is 19.1. The molecule has 0 atom stereocenters. The third kappa shape index (κ3) is 5.92. The first kappa shape index (κ1) is 20.6. The summed E-state index contributed by atoms with van der Waals surface area (Å²) in [6.07, 6.45) is 0. The third-order valence-electron chi connectivity index (χ3n) is 4.44. The largest absolute Gasteiger partial charge is 0.486 e. The highest BCUT2D eigenvalue weighted by molar-refractivity contribution is 5.93. The predicted octanol–water partition coefficient (Wildman–Crippen LogP) is 2.17. The van der Waals surface area contributed by atoms with E-state index in [9.17, 15) is 14.0 Å². The van der Waals surface area contributed by atoms with E-state index in [2.05, 4.69) is 10.6 Å². The first-order valence-corrected chi connectivity index (χ1v) is 9.47. The number of nitrogens with one attached hydrogen (secondary N) is 2. The minimum atomic E-state index is -0.362. The Labute approximate surface area is 168 Å². The summed E-state index contributed by atoms with van der Waals surface area (Å²) in [6.45, 7) is 3.55. The van der Waals surface area contributed by atoms with Crippen LogP contribution < -0.4 is 20.1 Å². The Hall–Kier alpha value is -3.13. The van der Waals surface area contributed by atoms with E-state index in [0.29, 0.717) is 42.5 Å². The minimum Gasteiger partial charge on any atom is -0.486 e. The van der Waals surface area contributed by atoms with Gasteiger partial charge in [0.05, 0.1) is 13.1 Å². The van der Waals surface area contributed by atoms with Gasteiger partial charge in [0.15, 0.2) is 11.5 Å². The smallest absolute Gasteiger partial charge is 0.238 e. The Morgan fingerprint density at radius 3 is 2.52 bits per heavy atom. The average Bonchev–Trinajstić information content (AvgIpc) is 2.72. The average molecular weight is 401 g/mol. The van der Waals surface area contributed by atoms with Crippen LogP contribution in [0.3, 0.4) is 0 Å². The predicted molar refractivity (Wildman–Crippen MR) is 106 cm³/mol. The number of fused-ring (bicyclic) bond motifs is 1. The zero-order chi connectivity index (χ0) is 20.6. The summed E-state index contributed by atoms with van der Waals surface area (Å²) in [5, 5.41) is 5.48. The van der Waals surface area contributed by atoms with Crippen LogP contribution in [0.4, 0.5) is 10.1 Å². The molecule has 0 saturated carbocycles. The maximum absolute atomic E-state index is 13.6. The Bertz CT molecular complexity index is 875. The lowest BCUT2D eigenvalue weighted by molar-refractivity contribution is -0.123. The van der Waals surface area contributed by atoms with E-state index in [4.69, 9.17) is 9.47 Å². The van der Waals surface area contributed by atoms with Gasteiger partial charge >= 0.3 is 0 Å². The van der Waals surface area contributed by atoms with Gasteiger partial charge in [0, 0.05) is 23.9 Å². The maximum atomic E-state index is 13.6. The van der Waals surface area contributed by atoms with Crippen LogP contribution in [0.1, 0.15) is 12.5 Å². The summed E-state index contributed by atoms with van der Waals surface area (Å²) in [5.41, 5.74) is 1.01. The maximum Gasteiger partial charge on any atom is 0.238 e. The molecule has 2 aromatic rings. The second kappa shape index (κ2) is 9.88. The normalized spacial score (nSPS) is 12.5. The van der Waals surface area contributed by atoms with Crippen molar-refractivity contribution in [2.75, 3.05) is 38.2 Å². The molecule has 3 rings (SSSR count). The number of halogens is 1. The quantitative estimate of drug-likeness (QED) is 0.709. The van der Waals surface area contributed by atoms with Crippen LogP contribution in [0.2, 0.25) is 0 Å². The van der Waals surface area contributed by atoms with Gasteiger partial charge in [0.2, 0.25) is 11.8 Å². The number of benzene rings is 2. The highest BCUT2D eigenvalue weighted by Gasteiger charge is 2.16. The number of carbonyl (C=O) groups excluding carboxylic acids is 2. The van der Waals surface area contributed by atoms with E-state index in [1.807, 2.05) is 6.92 Å². The van der Waals surface area contributed by atoms with E-state index in [1.54, 1.807) is 41.3 Å². The zero-order valence-electron chi connectivity index (χ0n) is 16.2. The molecule has 2 amide bonds. The molecule has 0 bridgehead atoms. The molecule has 0 aliphatic carbocycles. The summed E-state index contributed by atoms with van der Waals surface area (Å²) in [5.74, 6) is 0.358. The Morgan fingerprint density at radius 2 is 1.76 bits per heavy atom. The fourth-order valence-corrected chi connectivity index (χ4v) is 2.90. The van der Waals surface area contributed by atoms with Crippen LogP contribution in [0.25, 0.3) is 0 Å². The summed E-state index contributed by atoms with van der Waals surface area (Å²) in [6, 6.07) is 11.5. The van der Waals surface area contributed by atoms with E-state index in [1.165, 1.54) is 6.07 Å². The van der Waals surface area contributed by atoms with Crippen LogP contribution in [-0.4, -0.2) is 49.6 Å². The molecule has 1 aliphatic heterocycles. The number of ether oxygens (including phenoxy) is 2. The van der Waals surface area contributed by atoms with Crippen molar-refractivity contribution in [1.29, 1.82) is 0 Å². The Balaban J connectivity index is 1.48. The summed E-state index contributed by atoms with van der Waals surface area (Å²) in [4.78, 5) is 26.2. The molecule has 0 saturated heterocycles. The molecule has 1 heterocycles. The number of likely N-dealkylation sites (N-methyl/N-ethyl adjacent to an activating group) is 1. The van der Waals surface area contributed by atoms with Crippen LogP contribution in [-0.2, 0) is 16.1 Å². The molecular weight excluding hydrogens is 377 g/mol. The van der Waals surface area contributed by atoms with Crippen LogP contribution in [0, 0.1) is 5.82 Å². The molecule has 2 N–H and O–H groups in total. The summed E-state index contributed by atoms with van der Waals surface area (Å²) < 4.78 is 24.6. The van der Waals surface area contributed by atoms with Crippen molar-refractivity contribution in [3.63, 3.8) is 0 Å². The van der Waals surface area contributed by atoms with Gasteiger partial charge in [-0.1, -0.05) is 25.1 Å². The van der Waals surface area contributed by atoms with Gasteiger partial charge in [0.1, 0.15) is 19.0 Å². The van der Waals surface area contributed by atoms with Gasteiger partial charge in [-0.25, -0.2) is 4.39 Å². The number of nitrogens with zero attached hydrogens (tertiary/aromatic N) is 1. The topological polar surface area (TPSA) is 79.9 Å². The lowest BCUT2D eigenvalue weighted by Crippen LogP contribution is -2.40. The molecule has 7 nitrogen and oxygen atoms in total.